The van der Waals surface area contributed by atoms with Crippen molar-refractivity contribution in [1.82, 2.24) is 14.7 Å². The first-order valence-corrected chi connectivity index (χ1v) is 7.76. The molecule has 2 aromatic rings. The van der Waals surface area contributed by atoms with Crippen LogP contribution in [0.25, 0.3) is 0 Å². The van der Waals surface area contributed by atoms with Crippen molar-refractivity contribution in [3.63, 3.8) is 0 Å². The quantitative estimate of drug-likeness (QED) is 0.829. The van der Waals surface area contributed by atoms with Crippen LogP contribution in [0.1, 0.15) is 12.6 Å². The average Bonchev–Trinajstić information content (AvgIpc) is 2.83. The number of halogens is 3. The molecule has 0 unspecified atom stereocenters. The smallest absolute Gasteiger partial charge is 0.173 e. The summed E-state index contributed by atoms with van der Waals surface area (Å²) in [6.45, 7) is 3.22. The van der Waals surface area contributed by atoms with Crippen molar-refractivity contribution in [2.24, 2.45) is 0 Å². The predicted molar refractivity (Wildman–Crippen MR) is 92.0 cm³/mol. The van der Waals surface area contributed by atoms with Gasteiger partial charge in [-0.05, 0) is 37.3 Å². The Balaban J connectivity index is 2.05. The van der Waals surface area contributed by atoms with Gasteiger partial charge in [0.1, 0.15) is 5.82 Å². The Labute approximate surface area is 143 Å². The highest BCUT2D eigenvalue weighted by Crippen LogP contribution is 2.20. The number of hydrogen-bond acceptors (Lipinski definition) is 2. The second-order valence-electron chi connectivity index (χ2n) is 4.67. The lowest BCUT2D eigenvalue weighted by Crippen LogP contribution is -2.31. The summed E-state index contributed by atoms with van der Waals surface area (Å²) in [7, 11) is 1.84. The van der Waals surface area contributed by atoms with E-state index in [1.54, 1.807) is 12.3 Å². The number of thiocarbonyl (C=S) groups is 1. The molecule has 0 saturated carbocycles. The van der Waals surface area contributed by atoms with Crippen molar-refractivity contribution in [2.45, 2.75) is 20.0 Å². The van der Waals surface area contributed by atoms with Crippen LogP contribution < -0.4 is 5.32 Å². The Morgan fingerprint density at radius 3 is 2.77 bits per heavy atom. The minimum absolute atomic E-state index is 0.0440. The summed E-state index contributed by atoms with van der Waals surface area (Å²) in [5, 5.41) is 8.32. The van der Waals surface area contributed by atoms with E-state index in [1.807, 2.05) is 23.6 Å². The second kappa shape index (κ2) is 7.26. The number of benzene rings is 1. The fraction of sp³-hybridized carbons (Fsp3) is 0.286. The van der Waals surface area contributed by atoms with Crippen LogP contribution in [0.15, 0.2) is 24.4 Å². The third kappa shape index (κ3) is 3.88. The van der Waals surface area contributed by atoms with Crippen LogP contribution in [0.2, 0.25) is 10.0 Å². The van der Waals surface area contributed by atoms with Crippen molar-refractivity contribution < 1.29 is 4.39 Å². The van der Waals surface area contributed by atoms with Gasteiger partial charge in [0.25, 0.3) is 0 Å². The van der Waals surface area contributed by atoms with E-state index in [0.717, 1.165) is 12.2 Å². The Hall–Kier alpha value is -1.37. The first-order valence-electron chi connectivity index (χ1n) is 6.59. The molecule has 22 heavy (non-hydrogen) atoms. The molecule has 0 aliphatic carbocycles. The molecule has 0 bridgehead atoms. The van der Waals surface area contributed by atoms with Crippen LogP contribution in [0, 0.1) is 5.82 Å². The largest absolute Gasteiger partial charge is 0.346 e. The molecule has 0 atom stereocenters. The lowest BCUT2D eigenvalue weighted by molar-refractivity contribution is 0.471. The number of nitrogens with one attached hydrogen (secondary N) is 1. The molecule has 2 rings (SSSR count). The zero-order valence-electron chi connectivity index (χ0n) is 12.1. The first-order chi connectivity index (χ1) is 10.4. The van der Waals surface area contributed by atoms with E-state index in [-0.39, 0.29) is 5.02 Å². The third-order valence-corrected chi connectivity index (χ3v) is 4.12. The summed E-state index contributed by atoms with van der Waals surface area (Å²) in [5.74, 6) is -0.467. The summed E-state index contributed by atoms with van der Waals surface area (Å²) in [6.07, 6.45) is 1.62. The molecule has 4 nitrogen and oxygen atoms in total. The van der Waals surface area contributed by atoms with Gasteiger partial charge in [-0.1, -0.05) is 23.2 Å². The highest BCUT2D eigenvalue weighted by molar-refractivity contribution is 7.80. The number of hydrogen-bond donors (Lipinski definition) is 1. The molecule has 118 valence electrons. The average molecular weight is 361 g/mol. The zero-order valence-corrected chi connectivity index (χ0v) is 14.4. The van der Waals surface area contributed by atoms with E-state index in [9.17, 15) is 4.39 Å². The van der Waals surface area contributed by atoms with Gasteiger partial charge in [-0.15, -0.1) is 0 Å². The first kappa shape index (κ1) is 17.0. The van der Waals surface area contributed by atoms with Gasteiger partial charge < -0.3 is 10.2 Å². The molecule has 0 fully saturated rings. The van der Waals surface area contributed by atoms with Gasteiger partial charge in [0, 0.05) is 19.3 Å². The maximum atomic E-state index is 13.1. The summed E-state index contributed by atoms with van der Waals surface area (Å²) >= 11 is 17.2. The molecule has 0 aliphatic heterocycles. The van der Waals surface area contributed by atoms with E-state index in [2.05, 4.69) is 10.4 Å². The monoisotopic (exact) mass is 360 g/mol. The standard InChI is InChI=1S/C14H15Cl2FN4S/c1-3-21-13(11(16)7-18-21)8-20(2)14(22)19-9-4-5-12(17)10(15)6-9/h4-7H,3,8H2,1-2H3,(H,19,22). The van der Waals surface area contributed by atoms with Crippen molar-refractivity contribution in [2.75, 3.05) is 12.4 Å². The van der Waals surface area contributed by atoms with E-state index < -0.39 is 5.82 Å². The van der Waals surface area contributed by atoms with Crippen LogP contribution in [0.5, 0.6) is 0 Å². The lowest BCUT2D eigenvalue weighted by atomic mass is 10.3. The fourth-order valence-electron chi connectivity index (χ4n) is 1.91. The van der Waals surface area contributed by atoms with Gasteiger partial charge in [-0.25, -0.2) is 4.39 Å². The molecule has 1 N–H and O–H groups in total. The molecule has 0 saturated heterocycles. The molecule has 0 aliphatic rings. The normalized spacial score (nSPS) is 10.6. The summed E-state index contributed by atoms with van der Waals surface area (Å²) in [4.78, 5) is 1.82. The molecule has 1 heterocycles. The minimum atomic E-state index is -0.467. The third-order valence-electron chi connectivity index (χ3n) is 3.10. The van der Waals surface area contributed by atoms with Crippen molar-refractivity contribution >= 4 is 46.2 Å². The van der Waals surface area contributed by atoms with Gasteiger partial charge >= 0.3 is 0 Å². The number of anilines is 1. The number of aromatic nitrogens is 2. The van der Waals surface area contributed by atoms with Gasteiger partial charge in [0.15, 0.2) is 5.11 Å². The van der Waals surface area contributed by atoms with E-state index in [0.29, 0.717) is 22.4 Å². The molecular weight excluding hydrogens is 346 g/mol. The van der Waals surface area contributed by atoms with Gasteiger partial charge in [0.2, 0.25) is 0 Å². The number of rotatable bonds is 4. The van der Waals surface area contributed by atoms with E-state index >= 15 is 0 Å². The van der Waals surface area contributed by atoms with Crippen molar-refractivity contribution in [3.05, 3.63) is 46.0 Å². The van der Waals surface area contributed by atoms with Crippen LogP contribution in [-0.4, -0.2) is 26.8 Å². The summed E-state index contributed by atoms with van der Waals surface area (Å²) < 4.78 is 15.0. The maximum Gasteiger partial charge on any atom is 0.173 e. The van der Waals surface area contributed by atoms with Gasteiger partial charge in [0.05, 0.1) is 28.5 Å². The Morgan fingerprint density at radius 1 is 1.41 bits per heavy atom. The molecule has 0 amide bonds. The molecule has 0 spiro atoms. The second-order valence-corrected chi connectivity index (χ2v) is 5.87. The molecule has 1 aromatic carbocycles. The Morgan fingerprint density at radius 2 is 2.14 bits per heavy atom. The summed E-state index contributed by atoms with van der Waals surface area (Å²) in [5.41, 5.74) is 1.51. The van der Waals surface area contributed by atoms with E-state index in [4.69, 9.17) is 35.4 Å². The maximum absolute atomic E-state index is 13.1. The van der Waals surface area contributed by atoms with Crippen molar-refractivity contribution in [1.29, 1.82) is 0 Å². The van der Waals surface area contributed by atoms with Crippen molar-refractivity contribution in [3.8, 4) is 0 Å². The molecule has 8 heteroatoms. The Kier molecular flexibility index (Phi) is 5.61. The summed E-state index contributed by atoms with van der Waals surface area (Å²) in [6, 6.07) is 4.35. The highest BCUT2D eigenvalue weighted by Gasteiger charge is 2.13. The fourth-order valence-corrected chi connectivity index (χ4v) is 2.47. The topological polar surface area (TPSA) is 33.1 Å². The molecule has 1 aromatic heterocycles. The van der Waals surface area contributed by atoms with Crippen LogP contribution in [0.3, 0.4) is 0 Å². The lowest BCUT2D eigenvalue weighted by Gasteiger charge is -2.21. The number of nitrogens with zero attached hydrogens (tertiary/aromatic N) is 3. The van der Waals surface area contributed by atoms with Crippen LogP contribution >= 0.6 is 35.4 Å². The van der Waals surface area contributed by atoms with Crippen LogP contribution in [-0.2, 0) is 13.1 Å². The van der Waals surface area contributed by atoms with Crippen LogP contribution in [0.4, 0.5) is 10.1 Å². The Bertz CT molecular complexity index is 689. The molecular formula is C14H15Cl2FN4S. The van der Waals surface area contributed by atoms with Gasteiger partial charge in [-0.2, -0.15) is 5.10 Å². The minimum Gasteiger partial charge on any atom is -0.346 e. The van der Waals surface area contributed by atoms with Gasteiger partial charge in [-0.3, -0.25) is 4.68 Å². The number of aryl methyl sites for hydroxylation is 1. The molecule has 0 radical (unpaired) electrons. The zero-order chi connectivity index (χ0) is 16.3. The SMILES string of the molecule is CCn1ncc(Cl)c1CN(C)C(=S)Nc1ccc(F)c(Cl)c1. The predicted octanol–water partition coefficient (Wildman–Crippen LogP) is 4.18. The van der Waals surface area contributed by atoms with E-state index in [1.165, 1.54) is 12.1 Å². The highest BCUT2D eigenvalue weighted by atomic mass is 35.5.